The Kier molecular flexibility index (Phi) is 5.09. The summed E-state index contributed by atoms with van der Waals surface area (Å²) in [6.07, 6.45) is 5.37. The molecule has 2 unspecified atom stereocenters. The van der Waals surface area contributed by atoms with Crippen LogP contribution in [0.25, 0.3) is 0 Å². The van der Waals surface area contributed by atoms with Gasteiger partial charge in [0.15, 0.2) is 0 Å². The van der Waals surface area contributed by atoms with Gasteiger partial charge in [-0.2, -0.15) is 0 Å². The third kappa shape index (κ3) is 5.78. The summed E-state index contributed by atoms with van der Waals surface area (Å²) in [7, 11) is 0. The Bertz CT molecular complexity index is 202. The van der Waals surface area contributed by atoms with E-state index in [0.717, 1.165) is 18.8 Å². The van der Waals surface area contributed by atoms with Gasteiger partial charge in [0.05, 0.1) is 0 Å². The molecule has 0 aromatic heterocycles. The van der Waals surface area contributed by atoms with Crippen molar-refractivity contribution >= 4 is 5.91 Å². The molecule has 1 saturated carbocycles. The van der Waals surface area contributed by atoms with Crippen LogP contribution in [0.1, 0.15) is 46.0 Å². The molecule has 1 aliphatic carbocycles. The molecule has 0 aliphatic heterocycles. The molecule has 1 fully saturated rings. The summed E-state index contributed by atoms with van der Waals surface area (Å²) in [5, 5.41) is 3.05. The van der Waals surface area contributed by atoms with Crippen molar-refractivity contribution in [3.8, 4) is 0 Å². The molecular formula is C12H24N2O. The van der Waals surface area contributed by atoms with E-state index in [1.165, 1.54) is 12.8 Å². The molecule has 1 rings (SSSR count). The fraction of sp³-hybridized carbons (Fsp3) is 0.917. The molecule has 0 spiro atoms. The van der Waals surface area contributed by atoms with E-state index < -0.39 is 0 Å². The molecular weight excluding hydrogens is 188 g/mol. The summed E-state index contributed by atoms with van der Waals surface area (Å²) >= 11 is 0. The molecule has 1 amide bonds. The fourth-order valence-corrected chi connectivity index (χ4v) is 1.75. The van der Waals surface area contributed by atoms with Crippen LogP contribution < -0.4 is 11.1 Å². The molecule has 0 heterocycles. The third-order valence-corrected chi connectivity index (χ3v) is 3.06. The van der Waals surface area contributed by atoms with Crippen LogP contribution in [-0.2, 0) is 4.79 Å². The maximum Gasteiger partial charge on any atom is 0.220 e. The van der Waals surface area contributed by atoms with Crippen LogP contribution in [0.15, 0.2) is 0 Å². The number of carbonyl (C=O) groups excluding carboxylic acids is 1. The molecule has 0 aromatic rings. The summed E-state index contributed by atoms with van der Waals surface area (Å²) in [5.41, 5.74) is 5.50. The van der Waals surface area contributed by atoms with E-state index in [1.54, 1.807) is 0 Å². The molecule has 1 aliphatic rings. The van der Waals surface area contributed by atoms with Gasteiger partial charge in [0.1, 0.15) is 0 Å². The highest BCUT2D eigenvalue weighted by Crippen LogP contribution is 2.33. The first kappa shape index (κ1) is 12.5. The van der Waals surface area contributed by atoms with Crippen molar-refractivity contribution in [3.05, 3.63) is 0 Å². The first-order valence-electron chi connectivity index (χ1n) is 6.11. The minimum atomic E-state index is 0.184. The zero-order valence-electron chi connectivity index (χ0n) is 9.96. The van der Waals surface area contributed by atoms with E-state index in [1.807, 2.05) is 0 Å². The SMILES string of the molecule is CC(CN)CCC(=O)NC(C)CC1CC1. The molecule has 0 aromatic carbocycles. The fourth-order valence-electron chi connectivity index (χ4n) is 1.75. The minimum Gasteiger partial charge on any atom is -0.354 e. The molecule has 0 radical (unpaired) electrons. The molecule has 0 bridgehead atoms. The Morgan fingerprint density at radius 2 is 2.13 bits per heavy atom. The van der Waals surface area contributed by atoms with Crippen molar-refractivity contribution in [3.63, 3.8) is 0 Å². The number of nitrogens with two attached hydrogens (primary N) is 1. The number of hydrogen-bond donors (Lipinski definition) is 2. The quantitative estimate of drug-likeness (QED) is 0.674. The third-order valence-electron chi connectivity index (χ3n) is 3.06. The average Bonchev–Trinajstić information content (AvgIpc) is 2.97. The topological polar surface area (TPSA) is 55.1 Å². The van der Waals surface area contributed by atoms with Crippen molar-refractivity contribution in [1.82, 2.24) is 5.32 Å². The highest BCUT2D eigenvalue weighted by atomic mass is 16.1. The Morgan fingerprint density at radius 3 is 2.67 bits per heavy atom. The second kappa shape index (κ2) is 6.11. The number of hydrogen-bond acceptors (Lipinski definition) is 2. The first-order chi connectivity index (χ1) is 7.11. The molecule has 88 valence electrons. The molecule has 3 nitrogen and oxygen atoms in total. The number of nitrogens with one attached hydrogen (secondary N) is 1. The van der Waals surface area contributed by atoms with Crippen LogP contribution in [0, 0.1) is 11.8 Å². The van der Waals surface area contributed by atoms with Gasteiger partial charge in [0, 0.05) is 12.5 Å². The monoisotopic (exact) mass is 212 g/mol. The van der Waals surface area contributed by atoms with Crippen molar-refractivity contribution < 1.29 is 4.79 Å². The molecule has 15 heavy (non-hydrogen) atoms. The zero-order chi connectivity index (χ0) is 11.3. The lowest BCUT2D eigenvalue weighted by atomic mass is 10.1. The second-order valence-electron chi connectivity index (χ2n) is 5.03. The number of amides is 1. The van der Waals surface area contributed by atoms with Crippen LogP contribution in [-0.4, -0.2) is 18.5 Å². The van der Waals surface area contributed by atoms with Crippen molar-refractivity contribution in [2.45, 2.75) is 52.0 Å². The van der Waals surface area contributed by atoms with Gasteiger partial charge in [-0.15, -0.1) is 0 Å². The maximum absolute atomic E-state index is 11.5. The Hall–Kier alpha value is -0.570. The maximum atomic E-state index is 11.5. The van der Waals surface area contributed by atoms with Crippen molar-refractivity contribution in [2.75, 3.05) is 6.54 Å². The lowest BCUT2D eigenvalue weighted by molar-refractivity contribution is -0.122. The highest BCUT2D eigenvalue weighted by molar-refractivity contribution is 5.76. The van der Waals surface area contributed by atoms with Gasteiger partial charge in [-0.1, -0.05) is 19.8 Å². The normalized spacial score (nSPS) is 19.7. The van der Waals surface area contributed by atoms with E-state index in [2.05, 4.69) is 19.2 Å². The van der Waals surface area contributed by atoms with Crippen molar-refractivity contribution in [1.29, 1.82) is 0 Å². The largest absolute Gasteiger partial charge is 0.354 e. The van der Waals surface area contributed by atoms with Crippen LogP contribution in [0.5, 0.6) is 0 Å². The summed E-state index contributed by atoms with van der Waals surface area (Å²) in [6.45, 7) is 4.86. The van der Waals surface area contributed by atoms with E-state index in [4.69, 9.17) is 5.73 Å². The summed E-state index contributed by atoms with van der Waals surface area (Å²) in [5.74, 6) is 1.52. The Balaban J connectivity index is 2.05. The van der Waals surface area contributed by atoms with E-state index in [0.29, 0.717) is 24.9 Å². The van der Waals surface area contributed by atoms with Crippen LogP contribution in [0.3, 0.4) is 0 Å². The van der Waals surface area contributed by atoms with Gasteiger partial charge in [-0.05, 0) is 38.1 Å². The predicted molar refractivity (Wildman–Crippen MR) is 62.4 cm³/mol. The molecule has 0 saturated heterocycles. The lowest BCUT2D eigenvalue weighted by Gasteiger charge is -2.14. The first-order valence-corrected chi connectivity index (χ1v) is 6.11. The standard InChI is InChI=1S/C12H24N2O/c1-9(8-13)3-6-12(15)14-10(2)7-11-4-5-11/h9-11H,3-8,13H2,1-2H3,(H,14,15). The average molecular weight is 212 g/mol. The molecule has 3 N–H and O–H groups in total. The Labute approximate surface area is 92.8 Å². The van der Waals surface area contributed by atoms with Crippen LogP contribution in [0.2, 0.25) is 0 Å². The summed E-state index contributed by atoms with van der Waals surface area (Å²) < 4.78 is 0. The number of carbonyl (C=O) groups is 1. The predicted octanol–water partition coefficient (Wildman–Crippen LogP) is 1.67. The van der Waals surface area contributed by atoms with Gasteiger partial charge in [-0.25, -0.2) is 0 Å². The van der Waals surface area contributed by atoms with E-state index in [-0.39, 0.29) is 5.91 Å². The number of rotatable bonds is 7. The smallest absolute Gasteiger partial charge is 0.220 e. The molecule has 3 heteroatoms. The minimum absolute atomic E-state index is 0.184. The highest BCUT2D eigenvalue weighted by Gasteiger charge is 2.24. The van der Waals surface area contributed by atoms with Gasteiger partial charge in [0.25, 0.3) is 0 Å². The second-order valence-corrected chi connectivity index (χ2v) is 5.03. The zero-order valence-corrected chi connectivity index (χ0v) is 9.96. The summed E-state index contributed by atoms with van der Waals surface area (Å²) in [4.78, 5) is 11.5. The van der Waals surface area contributed by atoms with E-state index in [9.17, 15) is 4.79 Å². The Morgan fingerprint density at radius 1 is 1.47 bits per heavy atom. The van der Waals surface area contributed by atoms with Gasteiger partial charge < -0.3 is 11.1 Å². The van der Waals surface area contributed by atoms with Crippen molar-refractivity contribution in [2.24, 2.45) is 17.6 Å². The summed E-state index contributed by atoms with van der Waals surface area (Å²) in [6, 6.07) is 0.346. The van der Waals surface area contributed by atoms with Gasteiger partial charge >= 0.3 is 0 Å². The van der Waals surface area contributed by atoms with Gasteiger partial charge in [-0.3, -0.25) is 4.79 Å². The van der Waals surface area contributed by atoms with E-state index >= 15 is 0 Å². The van der Waals surface area contributed by atoms with Crippen LogP contribution in [0.4, 0.5) is 0 Å². The van der Waals surface area contributed by atoms with Gasteiger partial charge in [0.2, 0.25) is 5.91 Å². The lowest BCUT2D eigenvalue weighted by Crippen LogP contribution is -2.33. The van der Waals surface area contributed by atoms with Crippen LogP contribution >= 0.6 is 0 Å². The molecule has 2 atom stereocenters.